The topological polar surface area (TPSA) is 78.3 Å². The van der Waals surface area contributed by atoms with E-state index >= 15 is 0 Å². The maximum atomic E-state index is 13.3. The minimum Gasteiger partial charge on any atom is -0.447 e. The number of hydrogen-bond donors (Lipinski definition) is 1. The molecule has 0 bridgehead atoms. The van der Waals surface area contributed by atoms with Gasteiger partial charge in [-0.15, -0.1) is 0 Å². The summed E-state index contributed by atoms with van der Waals surface area (Å²) in [7, 11) is 0. The predicted octanol–water partition coefficient (Wildman–Crippen LogP) is 1.86. The number of oxazole rings is 1. The Bertz CT molecular complexity index is 812. The summed E-state index contributed by atoms with van der Waals surface area (Å²) in [6.45, 7) is 5.63. The van der Waals surface area contributed by atoms with Gasteiger partial charge in [0.2, 0.25) is 5.91 Å². The fourth-order valence-corrected chi connectivity index (χ4v) is 5.04. The van der Waals surface area contributed by atoms with Gasteiger partial charge in [0.1, 0.15) is 5.76 Å². The Morgan fingerprint density at radius 2 is 2.31 bits per heavy atom. The molecule has 0 saturated carbocycles. The number of rotatable bonds is 3. The van der Waals surface area contributed by atoms with Gasteiger partial charge in [-0.3, -0.25) is 14.8 Å². The number of aryl methyl sites for hydroxylation is 2. The molecule has 0 spiro atoms. The molecule has 1 amide bonds. The number of amides is 1. The van der Waals surface area contributed by atoms with Crippen LogP contribution in [0.15, 0.2) is 17.0 Å². The monoisotopic (exact) mass is 355 g/mol. The van der Waals surface area contributed by atoms with Gasteiger partial charge in [0, 0.05) is 25.7 Å². The summed E-state index contributed by atoms with van der Waals surface area (Å²) in [5.41, 5.74) is 3.24. The lowest BCUT2D eigenvalue weighted by Gasteiger charge is -2.30. The van der Waals surface area contributed by atoms with Crippen LogP contribution in [-0.2, 0) is 17.8 Å². The molecule has 3 atom stereocenters. The van der Waals surface area contributed by atoms with Crippen molar-refractivity contribution in [3.05, 3.63) is 35.3 Å². The van der Waals surface area contributed by atoms with Crippen LogP contribution in [0.5, 0.6) is 0 Å². The van der Waals surface area contributed by atoms with Crippen molar-refractivity contribution in [1.82, 2.24) is 25.0 Å². The molecule has 26 heavy (non-hydrogen) atoms. The highest BCUT2D eigenvalue weighted by molar-refractivity contribution is 5.84. The first-order chi connectivity index (χ1) is 12.7. The zero-order valence-corrected chi connectivity index (χ0v) is 15.1. The molecule has 0 radical (unpaired) electrons. The third kappa shape index (κ3) is 2.57. The summed E-state index contributed by atoms with van der Waals surface area (Å²) < 4.78 is 5.50. The van der Waals surface area contributed by atoms with Crippen LogP contribution in [0.3, 0.4) is 0 Å². The third-order valence-corrected chi connectivity index (χ3v) is 6.46. The van der Waals surface area contributed by atoms with Crippen molar-refractivity contribution in [2.24, 2.45) is 5.92 Å². The van der Waals surface area contributed by atoms with Crippen LogP contribution in [0.4, 0.5) is 0 Å². The molecule has 1 N–H and O–H groups in total. The van der Waals surface area contributed by atoms with Crippen molar-refractivity contribution in [3.63, 3.8) is 0 Å². The third-order valence-electron chi connectivity index (χ3n) is 6.46. The van der Waals surface area contributed by atoms with E-state index in [1.54, 1.807) is 0 Å². The van der Waals surface area contributed by atoms with Gasteiger partial charge >= 0.3 is 0 Å². The molecular weight excluding hydrogens is 330 g/mol. The highest BCUT2D eigenvalue weighted by Crippen LogP contribution is 2.37. The maximum Gasteiger partial charge on any atom is 0.232 e. The first kappa shape index (κ1) is 16.1. The summed E-state index contributed by atoms with van der Waals surface area (Å²) in [6.07, 6.45) is 7.54. The fourth-order valence-electron chi connectivity index (χ4n) is 5.04. The average molecular weight is 355 g/mol. The smallest absolute Gasteiger partial charge is 0.232 e. The highest BCUT2D eigenvalue weighted by Gasteiger charge is 2.45. The molecule has 2 aromatic rings. The second-order valence-corrected chi connectivity index (χ2v) is 7.96. The van der Waals surface area contributed by atoms with E-state index in [0.717, 1.165) is 69.0 Å². The van der Waals surface area contributed by atoms with Gasteiger partial charge in [0.25, 0.3) is 0 Å². The largest absolute Gasteiger partial charge is 0.447 e. The number of carbonyl (C=O) groups is 1. The van der Waals surface area contributed by atoms with Crippen LogP contribution in [0.2, 0.25) is 0 Å². The average Bonchev–Trinajstić information content (AvgIpc) is 3.39. The Labute approximate surface area is 152 Å². The molecule has 1 aliphatic carbocycles. The molecule has 0 aromatic carbocycles. The summed E-state index contributed by atoms with van der Waals surface area (Å²) in [5.74, 6) is 1.77. The molecule has 2 saturated heterocycles. The normalized spacial score (nSPS) is 28.3. The SMILES string of the molecule is Cc1ncoc1CN1C[C@@H]2CCN(C(=O)C3CCCc4cn[nH]c43)[C@@H]2C1. The number of nitrogens with zero attached hydrogens (tertiary/aromatic N) is 4. The number of hydrogen-bond acceptors (Lipinski definition) is 5. The molecule has 2 aliphatic heterocycles. The van der Waals surface area contributed by atoms with E-state index in [0.29, 0.717) is 17.9 Å². The van der Waals surface area contributed by atoms with E-state index in [9.17, 15) is 4.79 Å². The summed E-state index contributed by atoms with van der Waals surface area (Å²) in [5, 5.41) is 7.26. The van der Waals surface area contributed by atoms with Crippen LogP contribution in [-0.4, -0.2) is 56.6 Å². The van der Waals surface area contributed by atoms with Gasteiger partial charge < -0.3 is 9.32 Å². The first-order valence-corrected chi connectivity index (χ1v) is 9.64. The van der Waals surface area contributed by atoms with E-state index < -0.39 is 0 Å². The number of fused-ring (bicyclic) bond motifs is 2. The van der Waals surface area contributed by atoms with Gasteiger partial charge in [-0.2, -0.15) is 5.10 Å². The zero-order valence-electron chi connectivity index (χ0n) is 15.1. The first-order valence-electron chi connectivity index (χ1n) is 9.64. The lowest BCUT2D eigenvalue weighted by atomic mass is 9.87. The van der Waals surface area contributed by atoms with E-state index in [1.807, 2.05) is 13.1 Å². The lowest BCUT2D eigenvalue weighted by molar-refractivity contribution is -0.134. The minimum atomic E-state index is -0.0365. The fraction of sp³-hybridized carbons (Fsp3) is 0.632. The Kier molecular flexibility index (Phi) is 3.85. The number of carbonyl (C=O) groups excluding carboxylic acids is 1. The second kappa shape index (κ2) is 6.23. The highest BCUT2D eigenvalue weighted by atomic mass is 16.3. The number of aromatic nitrogens is 3. The lowest BCUT2D eigenvalue weighted by Crippen LogP contribution is -2.42. The standard InChI is InChI=1S/C19H25N5O2/c1-12-17(26-11-20-12)10-23-8-14-5-6-24(16(14)9-23)19(25)15-4-2-3-13-7-21-22-18(13)15/h7,11,14-16H,2-6,8-10H2,1H3,(H,21,22)/t14-,15?,16+/m0/s1. The number of likely N-dealkylation sites (tertiary alicyclic amines) is 2. The van der Waals surface area contributed by atoms with Crippen molar-refractivity contribution in [2.75, 3.05) is 19.6 Å². The molecule has 7 heteroatoms. The molecule has 138 valence electrons. The molecule has 7 nitrogen and oxygen atoms in total. The van der Waals surface area contributed by atoms with Gasteiger partial charge in [0.05, 0.1) is 30.0 Å². The number of H-pyrrole nitrogens is 1. The van der Waals surface area contributed by atoms with E-state index in [-0.39, 0.29) is 5.92 Å². The Morgan fingerprint density at radius 3 is 3.15 bits per heavy atom. The van der Waals surface area contributed by atoms with Crippen molar-refractivity contribution >= 4 is 5.91 Å². The Balaban J connectivity index is 1.30. The molecule has 2 fully saturated rings. The number of nitrogens with one attached hydrogen (secondary N) is 1. The summed E-state index contributed by atoms with van der Waals surface area (Å²) in [6, 6.07) is 0.332. The zero-order chi connectivity index (χ0) is 17.7. The summed E-state index contributed by atoms with van der Waals surface area (Å²) in [4.78, 5) is 22.1. The molecular formula is C19H25N5O2. The maximum absolute atomic E-state index is 13.3. The van der Waals surface area contributed by atoms with Crippen molar-refractivity contribution < 1.29 is 9.21 Å². The van der Waals surface area contributed by atoms with Gasteiger partial charge in [0.15, 0.2) is 6.39 Å². The molecule has 1 unspecified atom stereocenters. The molecule has 5 rings (SSSR count). The van der Waals surface area contributed by atoms with Crippen molar-refractivity contribution in [1.29, 1.82) is 0 Å². The second-order valence-electron chi connectivity index (χ2n) is 7.96. The van der Waals surface area contributed by atoms with Gasteiger partial charge in [-0.25, -0.2) is 4.98 Å². The van der Waals surface area contributed by atoms with Crippen LogP contribution >= 0.6 is 0 Å². The predicted molar refractivity (Wildman–Crippen MR) is 94.4 cm³/mol. The molecule has 2 aromatic heterocycles. The molecule has 4 heterocycles. The van der Waals surface area contributed by atoms with Gasteiger partial charge in [-0.05, 0) is 44.1 Å². The number of aromatic amines is 1. The Morgan fingerprint density at radius 1 is 1.38 bits per heavy atom. The van der Waals surface area contributed by atoms with Gasteiger partial charge in [-0.1, -0.05) is 0 Å². The summed E-state index contributed by atoms with van der Waals surface area (Å²) >= 11 is 0. The van der Waals surface area contributed by atoms with E-state index in [1.165, 1.54) is 12.0 Å². The molecule has 3 aliphatic rings. The Hall–Kier alpha value is -2.15. The van der Waals surface area contributed by atoms with Crippen LogP contribution < -0.4 is 0 Å². The quantitative estimate of drug-likeness (QED) is 0.909. The van der Waals surface area contributed by atoms with Crippen molar-refractivity contribution in [2.45, 2.75) is 51.1 Å². The van der Waals surface area contributed by atoms with Crippen molar-refractivity contribution in [3.8, 4) is 0 Å². The van der Waals surface area contributed by atoms with Crippen LogP contribution in [0.25, 0.3) is 0 Å². The van der Waals surface area contributed by atoms with E-state index in [2.05, 4.69) is 25.0 Å². The van der Waals surface area contributed by atoms with Crippen LogP contribution in [0.1, 0.15) is 47.9 Å². The van der Waals surface area contributed by atoms with E-state index in [4.69, 9.17) is 4.42 Å². The minimum absolute atomic E-state index is 0.0365. The van der Waals surface area contributed by atoms with Crippen LogP contribution in [0, 0.1) is 12.8 Å².